The van der Waals surface area contributed by atoms with Crippen molar-refractivity contribution in [2.24, 2.45) is 0 Å². The van der Waals surface area contributed by atoms with Crippen molar-refractivity contribution in [3.63, 3.8) is 0 Å². The summed E-state index contributed by atoms with van der Waals surface area (Å²) in [6.45, 7) is 5.02. The molecule has 0 amide bonds. The standard InChI is InChI=1S/C14H19BrF2N2O/c1-2-18-5-7-19(8-6-18)10-11-9-12(15)3-4-13(11)20-14(16)17/h3-4,9,14H,2,5-8,10H2,1H3. The number of rotatable bonds is 5. The van der Waals surface area contributed by atoms with E-state index in [1.807, 2.05) is 6.07 Å². The molecule has 6 heteroatoms. The van der Waals surface area contributed by atoms with Crippen LogP contribution in [0.4, 0.5) is 8.78 Å². The number of halogens is 3. The summed E-state index contributed by atoms with van der Waals surface area (Å²) in [6.07, 6.45) is 0. The predicted molar refractivity (Wildman–Crippen MR) is 78.2 cm³/mol. The number of alkyl halides is 2. The van der Waals surface area contributed by atoms with Gasteiger partial charge in [-0.1, -0.05) is 22.9 Å². The third-order valence-corrected chi connectivity index (χ3v) is 4.04. The molecule has 112 valence electrons. The zero-order valence-corrected chi connectivity index (χ0v) is 13.1. The molecule has 1 aliphatic rings. The van der Waals surface area contributed by atoms with Crippen molar-refractivity contribution in [1.82, 2.24) is 9.80 Å². The van der Waals surface area contributed by atoms with Crippen molar-refractivity contribution in [3.05, 3.63) is 28.2 Å². The minimum Gasteiger partial charge on any atom is -0.434 e. The van der Waals surface area contributed by atoms with E-state index in [0.717, 1.165) is 42.8 Å². The van der Waals surface area contributed by atoms with Crippen molar-refractivity contribution in [1.29, 1.82) is 0 Å². The van der Waals surface area contributed by atoms with Gasteiger partial charge in [0.25, 0.3) is 0 Å². The summed E-state index contributed by atoms with van der Waals surface area (Å²) in [4.78, 5) is 4.65. The van der Waals surface area contributed by atoms with Crippen LogP contribution in [0, 0.1) is 0 Å². The average molecular weight is 349 g/mol. The molecular weight excluding hydrogens is 330 g/mol. The van der Waals surface area contributed by atoms with Gasteiger partial charge in [-0.15, -0.1) is 0 Å². The van der Waals surface area contributed by atoms with E-state index in [9.17, 15) is 8.78 Å². The van der Waals surface area contributed by atoms with Gasteiger partial charge in [0, 0.05) is 42.8 Å². The third-order valence-electron chi connectivity index (χ3n) is 3.54. The number of ether oxygens (including phenoxy) is 1. The SMILES string of the molecule is CCN1CCN(Cc2cc(Br)ccc2OC(F)F)CC1. The van der Waals surface area contributed by atoms with Crippen LogP contribution >= 0.6 is 15.9 Å². The van der Waals surface area contributed by atoms with Gasteiger partial charge in [-0.3, -0.25) is 4.90 Å². The molecule has 0 spiro atoms. The monoisotopic (exact) mass is 348 g/mol. The first-order valence-electron chi connectivity index (χ1n) is 6.76. The van der Waals surface area contributed by atoms with E-state index in [2.05, 4.69) is 37.4 Å². The topological polar surface area (TPSA) is 15.7 Å². The highest BCUT2D eigenvalue weighted by Crippen LogP contribution is 2.26. The summed E-state index contributed by atoms with van der Waals surface area (Å²) in [7, 11) is 0. The lowest BCUT2D eigenvalue weighted by Crippen LogP contribution is -2.45. The molecule has 0 N–H and O–H groups in total. The van der Waals surface area contributed by atoms with Crippen LogP contribution in [-0.2, 0) is 6.54 Å². The van der Waals surface area contributed by atoms with Gasteiger partial charge in [0.2, 0.25) is 0 Å². The second-order valence-corrected chi connectivity index (χ2v) is 5.76. The van der Waals surface area contributed by atoms with E-state index in [0.29, 0.717) is 6.54 Å². The van der Waals surface area contributed by atoms with Gasteiger partial charge >= 0.3 is 6.61 Å². The molecule has 0 atom stereocenters. The minimum absolute atomic E-state index is 0.265. The van der Waals surface area contributed by atoms with Gasteiger partial charge < -0.3 is 9.64 Å². The van der Waals surface area contributed by atoms with E-state index in [4.69, 9.17) is 0 Å². The van der Waals surface area contributed by atoms with Crippen molar-refractivity contribution >= 4 is 15.9 Å². The predicted octanol–water partition coefficient (Wildman–Crippen LogP) is 3.19. The summed E-state index contributed by atoms with van der Waals surface area (Å²) in [5.41, 5.74) is 0.796. The van der Waals surface area contributed by atoms with Crippen molar-refractivity contribution < 1.29 is 13.5 Å². The molecule has 0 bridgehead atoms. The van der Waals surface area contributed by atoms with Crippen molar-refractivity contribution in [3.8, 4) is 5.75 Å². The van der Waals surface area contributed by atoms with Gasteiger partial charge in [-0.2, -0.15) is 8.78 Å². The number of hydrogen-bond donors (Lipinski definition) is 0. The second-order valence-electron chi connectivity index (χ2n) is 4.84. The third kappa shape index (κ3) is 4.40. The van der Waals surface area contributed by atoms with Crippen LogP contribution in [0.3, 0.4) is 0 Å². The van der Waals surface area contributed by atoms with E-state index < -0.39 is 6.61 Å². The lowest BCUT2D eigenvalue weighted by molar-refractivity contribution is -0.0508. The zero-order valence-electron chi connectivity index (χ0n) is 11.5. The average Bonchev–Trinajstić information content (AvgIpc) is 2.42. The largest absolute Gasteiger partial charge is 0.434 e. The van der Waals surface area contributed by atoms with E-state index >= 15 is 0 Å². The van der Waals surface area contributed by atoms with Gasteiger partial charge in [0.1, 0.15) is 5.75 Å². The maximum absolute atomic E-state index is 12.4. The van der Waals surface area contributed by atoms with Crippen molar-refractivity contribution in [2.45, 2.75) is 20.1 Å². The molecule has 0 radical (unpaired) electrons. The maximum Gasteiger partial charge on any atom is 0.387 e. The van der Waals surface area contributed by atoms with Crippen molar-refractivity contribution in [2.75, 3.05) is 32.7 Å². The van der Waals surface area contributed by atoms with Crippen LogP contribution in [0.5, 0.6) is 5.75 Å². The number of benzene rings is 1. The molecule has 1 heterocycles. The summed E-state index contributed by atoms with van der Waals surface area (Å²) >= 11 is 3.38. The highest BCUT2D eigenvalue weighted by molar-refractivity contribution is 9.10. The molecular formula is C14H19BrF2N2O. The Morgan fingerprint density at radius 3 is 2.45 bits per heavy atom. The Morgan fingerprint density at radius 2 is 1.85 bits per heavy atom. The fourth-order valence-corrected chi connectivity index (χ4v) is 2.80. The molecule has 1 aromatic rings. The lowest BCUT2D eigenvalue weighted by Gasteiger charge is -2.34. The summed E-state index contributed by atoms with van der Waals surface area (Å²) < 4.78 is 30.3. The van der Waals surface area contributed by atoms with Crippen LogP contribution in [-0.4, -0.2) is 49.1 Å². The van der Waals surface area contributed by atoms with Crippen LogP contribution in [0.1, 0.15) is 12.5 Å². The van der Waals surface area contributed by atoms with Crippen LogP contribution in [0.25, 0.3) is 0 Å². The fourth-order valence-electron chi connectivity index (χ4n) is 2.39. The molecule has 0 aliphatic carbocycles. The Hall–Kier alpha value is -0.720. The molecule has 1 aliphatic heterocycles. The Morgan fingerprint density at radius 1 is 1.20 bits per heavy atom. The molecule has 2 rings (SSSR count). The molecule has 0 unspecified atom stereocenters. The summed E-state index contributed by atoms with van der Waals surface area (Å²) in [6, 6.07) is 5.16. The number of piperazine rings is 1. The van der Waals surface area contributed by atoms with E-state index in [-0.39, 0.29) is 5.75 Å². The maximum atomic E-state index is 12.4. The van der Waals surface area contributed by atoms with Crippen LogP contribution in [0.15, 0.2) is 22.7 Å². The van der Waals surface area contributed by atoms with E-state index in [1.54, 1.807) is 12.1 Å². The molecule has 3 nitrogen and oxygen atoms in total. The first kappa shape index (κ1) is 15.7. The van der Waals surface area contributed by atoms with Gasteiger partial charge in [0.15, 0.2) is 0 Å². The Bertz CT molecular complexity index is 437. The summed E-state index contributed by atoms with van der Waals surface area (Å²) in [5.74, 6) is 0.265. The molecule has 1 aromatic carbocycles. The second kappa shape index (κ2) is 7.33. The van der Waals surface area contributed by atoms with Gasteiger partial charge in [-0.25, -0.2) is 0 Å². The summed E-state index contributed by atoms with van der Waals surface area (Å²) in [5, 5.41) is 0. The van der Waals surface area contributed by atoms with Gasteiger partial charge in [0.05, 0.1) is 0 Å². The molecule has 20 heavy (non-hydrogen) atoms. The number of hydrogen-bond acceptors (Lipinski definition) is 3. The minimum atomic E-state index is -2.79. The van der Waals surface area contributed by atoms with Crippen LogP contribution < -0.4 is 4.74 Å². The van der Waals surface area contributed by atoms with Gasteiger partial charge in [-0.05, 0) is 24.7 Å². The van der Waals surface area contributed by atoms with E-state index in [1.165, 1.54) is 0 Å². The smallest absolute Gasteiger partial charge is 0.387 e. The number of nitrogens with zero attached hydrogens (tertiary/aromatic N) is 2. The first-order valence-corrected chi connectivity index (χ1v) is 7.55. The first-order chi connectivity index (χ1) is 9.58. The normalized spacial score (nSPS) is 17.6. The zero-order chi connectivity index (χ0) is 14.5. The molecule has 1 saturated heterocycles. The quantitative estimate of drug-likeness (QED) is 0.812. The van der Waals surface area contributed by atoms with Crippen LogP contribution in [0.2, 0.25) is 0 Å². The number of likely N-dealkylation sites (N-methyl/N-ethyl adjacent to an activating group) is 1. The fraction of sp³-hybridized carbons (Fsp3) is 0.571. The molecule has 1 fully saturated rings. The Kier molecular flexibility index (Phi) is 5.74. The highest BCUT2D eigenvalue weighted by Gasteiger charge is 2.18. The Balaban J connectivity index is 2.02. The Labute approximate surface area is 126 Å². The molecule has 0 saturated carbocycles. The lowest BCUT2D eigenvalue weighted by atomic mass is 10.1. The highest BCUT2D eigenvalue weighted by atomic mass is 79.9. The molecule has 0 aromatic heterocycles.